The first-order chi connectivity index (χ1) is 13.6. The lowest BCUT2D eigenvalue weighted by atomic mass is 10.1. The van der Waals surface area contributed by atoms with E-state index in [-0.39, 0.29) is 17.9 Å². The molecule has 3 rings (SSSR count). The van der Waals surface area contributed by atoms with Crippen molar-refractivity contribution in [3.8, 4) is 0 Å². The van der Waals surface area contributed by atoms with Crippen molar-refractivity contribution < 1.29 is 9.59 Å². The Labute approximate surface area is 166 Å². The van der Waals surface area contributed by atoms with Gasteiger partial charge in [-0.25, -0.2) is 5.43 Å². The third kappa shape index (κ3) is 5.10. The number of nitrogens with one attached hydrogen (secondary N) is 3. The number of anilines is 1. The normalized spacial score (nSPS) is 14.2. The highest BCUT2D eigenvalue weighted by Crippen LogP contribution is 2.21. The Balaban J connectivity index is 1.65. The number of carbonyl (C=O) groups is 2. The van der Waals surface area contributed by atoms with E-state index in [0.717, 1.165) is 37.2 Å². The average Bonchev–Trinajstić information content (AvgIpc) is 3.54. The van der Waals surface area contributed by atoms with Crippen LogP contribution in [0.15, 0.2) is 54.6 Å². The van der Waals surface area contributed by atoms with Gasteiger partial charge in [-0.05, 0) is 56.5 Å². The maximum absolute atomic E-state index is 12.6. The van der Waals surface area contributed by atoms with Crippen LogP contribution >= 0.6 is 0 Å². The summed E-state index contributed by atoms with van der Waals surface area (Å²) in [5, 5.41) is 2.99. The Bertz CT molecular complexity index is 784. The fourth-order valence-electron chi connectivity index (χ4n) is 3.08. The molecule has 0 aromatic heterocycles. The van der Waals surface area contributed by atoms with Gasteiger partial charge in [0.2, 0.25) is 5.91 Å². The van der Waals surface area contributed by atoms with Crippen molar-refractivity contribution in [1.29, 1.82) is 0 Å². The molecular formula is C22H28N4O2. The van der Waals surface area contributed by atoms with Gasteiger partial charge in [-0.3, -0.25) is 15.0 Å². The molecule has 148 valence electrons. The second kappa shape index (κ2) is 9.37. The van der Waals surface area contributed by atoms with E-state index in [1.54, 1.807) is 12.1 Å². The van der Waals surface area contributed by atoms with Gasteiger partial charge in [0, 0.05) is 30.4 Å². The Morgan fingerprint density at radius 1 is 1.00 bits per heavy atom. The zero-order valence-corrected chi connectivity index (χ0v) is 16.4. The second-order valence-electron chi connectivity index (χ2n) is 6.94. The lowest BCUT2D eigenvalue weighted by molar-refractivity contribution is -0.123. The first-order valence-corrected chi connectivity index (χ1v) is 9.88. The van der Waals surface area contributed by atoms with E-state index >= 15 is 0 Å². The highest BCUT2D eigenvalue weighted by atomic mass is 16.2. The summed E-state index contributed by atoms with van der Waals surface area (Å²) in [4.78, 5) is 27.4. The van der Waals surface area contributed by atoms with Crippen molar-refractivity contribution in [2.75, 3.05) is 18.0 Å². The first-order valence-electron chi connectivity index (χ1n) is 9.88. The van der Waals surface area contributed by atoms with E-state index in [9.17, 15) is 9.59 Å². The van der Waals surface area contributed by atoms with Crippen LogP contribution in [0.5, 0.6) is 0 Å². The minimum Gasteiger partial charge on any atom is -0.372 e. The van der Waals surface area contributed by atoms with Gasteiger partial charge in [-0.15, -0.1) is 0 Å². The number of nitrogens with zero attached hydrogens (tertiary/aromatic N) is 1. The van der Waals surface area contributed by atoms with E-state index in [2.05, 4.69) is 34.9 Å². The molecule has 3 N–H and O–H groups in total. The summed E-state index contributed by atoms with van der Waals surface area (Å²) in [6.07, 6.45) is 2.02. The molecule has 2 aromatic rings. The number of benzene rings is 2. The molecule has 0 aliphatic heterocycles. The van der Waals surface area contributed by atoms with Gasteiger partial charge in [0.25, 0.3) is 5.91 Å². The van der Waals surface area contributed by atoms with Crippen LogP contribution in [-0.4, -0.2) is 30.9 Å². The lowest BCUT2D eigenvalue weighted by Crippen LogP contribution is -2.46. The minimum atomic E-state index is -0.638. The van der Waals surface area contributed by atoms with Crippen LogP contribution < -0.4 is 21.1 Å². The van der Waals surface area contributed by atoms with Gasteiger partial charge >= 0.3 is 0 Å². The van der Waals surface area contributed by atoms with Crippen molar-refractivity contribution in [3.05, 3.63) is 65.7 Å². The van der Waals surface area contributed by atoms with Gasteiger partial charge in [0.15, 0.2) is 0 Å². The molecule has 1 atom stereocenters. The smallest absolute Gasteiger partial charge is 0.265 e. The summed E-state index contributed by atoms with van der Waals surface area (Å²) in [6, 6.07) is 16.5. The zero-order valence-electron chi connectivity index (χ0n) is 16.4. The fraction of sp³-hybridized carbons (Fsp3) is 0.364. The van der Waals surface area contributed by atoms with Crippen molar-refractivity contribution in [1.82, 2.24) is 16.2 Å². The number of hydrogen-bond donors (Lipinski definition) is 3. The van der Waals surface area contributed by atoms with Crippen LogP contribution in [-0.2, 0) is 4.79 Å². The van der Waals surface area contributed by atoms with Gasteiger partial charge in [-0.2, -0.15) is 0 Å². The van der Waals surface area contributed by atoms with Crippen molar-refractivity contribution in [2.45, 2.75) is 38.8 Å². The maximum atomic E-state index is 12.6. The van der Waals surface area contributed by atoms with Gasteiger partial charge in [0.1, 0.15) is 6.04 Å². The first kappa shape index (κ1) is 19.9. The minimum absolute atomic E-state index is 0.133. The molecule has 28 heavy (non-hydrogen) atoms. The van der Waals surface area contributed by atoms with E-state index < -0.39 is 6.04 Å². The third-order valence-electron chi connectivity index (χ3n) is 4.91. The predicted octanol–water partition coefficient (Wildman–Crippen LogP) is 2.79. The van der Waals surface area contributed by atoms with Crippen molar-refractivity contribution in [2.24, 2.45) is 0 Å². The molecule has 0 bridgehead atoms. The van der Waals surface area contributed by atoms with Gasteiger partial charge in [0.05, 0.1) is 0 Å². The molecule has 1 aliphatic carbocycles. The quantitative estimate of drug-likeness (QED) is 0.585. The third-order valence-corrected chi connectivity index (χ3v) is 4.91. The van der Waals surface area contributed by atoms with Crippen LogP contribution in [0, 0.1) is 0 Å². The van der Waals surface area contributed by atoms with E-state index in [1.165, 1.54) is 0 Å². The van der Waals surface area contributed by atoms with Crippen LogP contribution in [0.25, 0.3) is 0 Å². The number of carbonyl (C=O) groups excluding carboxylic acids is 2. The summed E-state index contributed by atoms with van der Waals surface area (Å²) in [6.45, 7) is 6.03. The molecule has 0 radical (unpaired) electrons. The number of rotatable bonds is 9. The molecule has 2 aromatic carbocycles. The topological polar surface area (TPSA) is 73.5 Å². The Hall–Kier alpha value is -2.86. The predicted molar refractivity (Wildman–Crippen MR) is 111 cm³/mol. The monoisotopic (exact) mass is 380 g/mol. The van der Waals surface area contributed by atoms with Crippen LogP contribution in [0.2, 0.25) is 0 Å². The van der Waals surface area contributed by atoms with E-state index in [4.69, 9.17) is 0 Å². The zero-order chi connectivity index (χ0) is 19.9. The summed E-state index contributed by atoms with van der Waals surface area (Å²) >= 11 is 0. The van der Waals surface area contributed by atoms with Gasteiger partial charge in [-0.1, -0.05) is 30.3 Å². The molecular weight excluding hydrogens is 352 g/mol. The van der Waals surface area contributed by atoms with Crippen molar-refractivity contribution >= 4 is 17.5 Å². The van der Waals surface area contributed by atoms with Crippen LogP contribution in [0.4, 0.5) is 5.69 Å². The van der Waals surface area contributed by atoms with Crippen LogP contribution in [0.3, 0.4) is 0 Å². The lowest BCUT2D eigenvalue weighted by Gasteiger charge is -2.21. The average molecular weight is 380 g/mol. The molecule has 0 heterocycles. The molecule has 0 saturated heterocycles. The Morgan fingerprint density at radius 2 is 1.64 bits per heavy atom. The molecule has 0 unspecified atom stereocenters. The molecule has 2 amide bonds. The molecule has 1 aliphatic rings. The molecule has 6 heteroatoms. The summed E-state index contributed by atoms with van der Waals surface area (Å²) < 4.78 is 0. The molecule has 1 saturated carbocycles. The van der Waals surface area contributed by atoms with Gasteiger partial charge < -0.3 is 10.2 Å². The number of hydrazine groups is 1. The van der Waals surface area contributed by atoms with E-state index in [1.807, 2.05) is 42.5 Å². The molecule has 1 fully saturated rings. The van der Waals surface area contributed by atoms with Crippen LogP contribution in [0.1, 0.15) is 48.7 Å². The highest BCUT2D eigenvalue weighted by molar-refractivity contribution is 5.94. The Morgan fingerprint density at radius 3 is 2.21 bits per heavy atom. The summed E-state index contributed by atoms with van der Waals surface area (Å²) in [5.41, 5.74) is 8.02. The SMILES string of the molecule is CCN(CC)c1ccc(C(=O)NN[C@@H](C(=O)NC2CC2)c2ccccc2)cc1. The summed E-state index contributed by atoms with van der Waals surface area (Å²) in [5.74, 6) is -0.405. The standard InChI is InChI=1S/C22H28N4O2/c1-3-26(4-2)19-14-10-17(11-15-19)21(27)25-24-20(16-8-6-5-7-9-16)22(28)23-18-12-13-18/h5-11,14-15,18,20,24H,3-4,12-13H2,1-2H3,(H,23,28)(H,25,27)/t20-/m1/s1. The number of hydrogen-bond acceptors (Lipinski definition) is 4. The van der Waals surface area contributed by atoms with E-state index in [0.29, 0.717) is 5.56 Å². The fourth-order valence-corrected chi connectivity index (χ4v) is 3.08. The maximum Gasteiger partial charge on any atom is 0.265 e. The number of amides is 2. The second-order valence-corrected chi connectivity index (χ2v) is 6.94. The largest absolute Gasteiger partial charge is 0.372 e. The molecule has 0 spiro atoms. The van der Waals surface area contributed by atoms with Crippen molar-refractivity contribution in [3.63, 3.8) is 0 Å². The Kier molecular flexibility index (Phi) is 6.66. The highest BCUT2D eigenvalue weighted by Gasteiger charge is 2.28. The summed E-state index contributed by atoms with van der Waals surface area (Å²) in [7, 11) is 0. The molecule has 6 nitrogen and oxygen atoms in total.